The quantitative estimate of drug-likeness (QED) is 0.330. The average molecular weight is 285 g/mol. The highest BCUT2D eigenvalue weighted by molar-refractivity contribution is 7.86. The highest BCUT2D eigenvalue weighted by atomic mass is 32.2. The predicted molar refractivity (Wildman–Crippen MR) is 65.3 cm³/mol. The van der Waals surface area contributed by atoms with Gasteiger partial charge in [0.25, 0.3) is 16.0 Å². The largest absolute Gasteiger partial charge is 0.510 e. The summed E-state index contributed by atoms with van der Waals surface area (Å²) in [6.07, 6.45) is 0. The number of hydrogen-bond donors (Lipinski definition) is 3. The summed E-state index contributed by atoms with van der Waals surface area (Å²) in [6.45, 7) is 1.17. The molecule has 0 fully saturated rings. The highest BCUT2D eigenvalue weighted by Crippen LogP contribution is 2.24. The molecule has 1 amide bonds. The van der Waals surface area contributed by atoms with Gasteiger partial charge < -0.3 is 10.8 Å². The normalized spacial score (nSPS) is 13.4. The molecule has 8 nitrogen and oxygen atoms in total. The molecule has 1 rings (SSSR count). The summed E-state index contributed by atoms with van der Waals surface area (Å²) in [5.74, 6) is -1.48. The second-order valence-electron chi connectivity index (χ2n) is 3.44. The van der Waals surface area contributed by atoms with Crippen LogP contribution in [0, 0.1) is 0 Å². The molecule has 0 unspecified atom stereocenters. The van der Waals surface area contributed by atoms with Crippen molar-refractivity contribution in [3.8, 4) is 0 Å². The van der Waals surface area contributed by atoms with Crippen LogP contribution in [0.2, 0.25) is 0 Å². The molecular weight excluding hydrogens is 274 g/mol. The molecule has 0 radical (unpaired) electrons. The summed E-state index contributed by atoms with van der Waals surface area (Å²) in [6, 6.07) is 5.22. The topological polar surface area (TPSA) is 142 Å². The summed E-state index contributed by atoms with van der Waals surface area (Å²) >= 11 is 0. The van der Waals surface area contributed by atoms with Crippen LogP contribution < -0.4 is 5.73 Å². The third-order valence-electron chi connectivity index (χ3n) is 1.98. The summed E-state index contributed by atoms with van der Waals surface area (Å²) in [4.78, 5) is 10.5. The SMILES string of the molecule is C/C(O)=C(\N=Nc1ccccc1S(=O)(=O)O)C(N)=O. The van der Waals surface area contributed by atoms with E-state index < -0.39 is 32.4 Å². The zero-order valence-corrected chi connectivity index (χ0v) is 10.6. The molecule has 0 spiro atoms. The summed E-state index contributed by atoms with van der Waals surface area (Å²) < 4.78 is 31.1. The van der Waals surface area contributed by atoms with Crippen LogP contribution in [0.25, 0.3) is 0 Å². The van der Waals surface area contributed by atoms with Gasteiger partial charge in [-0.25, -0.2) is 0 Å². The van der Waals surface area contributed by atoms with Crippen LogP contribution in [0.1, 0.15) is 6.92 Å². The van der Waals surface area contributed by atoms with Gasteiger partial charge >= 0.3 is 0 Å². The molecule has 0 bridgehead atoms. The Morgan fingerprint density at radius 2 is 1.89 bits per heavy atom. The summed E-state index contributed by atoms with van der Waals surface area (Å²) in [5, 5.41) is 16.0. The average Bonchev–Trinajstić information content (AvgIpc) is 2.27. The molecule has 4 N–H and O–H groups in total. The number of azo groups is 1. The van der Waals surface area contributed by atoms with E-state index in [0.29, 0.717) is 0 Å². The predicted octanol–water partition coefficient (Wildman–Crippen LogP) is 1.29. The summed E-state index contributed by atoms with van der Waals surface area (Å²) in [5.41, 5.74) is 4.25. The van der Waals surface area contributed by atoms with E-state index in [-0.39, 0.29) is 5.69 Å². The molecule has 0 aliphatic carbocycles. The lowest BCUT2D eigenvalue weighted by Gasteiger charge is -2.01. The standard InChI is InChI=1S/C10H11N3O5S/c1-6(14)9(10(11)15)13-12-7-4-2-3-5-8(7)19(16,17)18/h2-5,14H,1H3,(H2,11,15)(H,16,17,18)/b9-6+,13-12?. The van der Waals surface area contributed by atoms with Crippen LogP contribution >= 0.6 is 0 Å². The number of nitrogens with zero attached hydrogens (tertiary/aromatic N) is 2. The van der Waals surface area contributed by atoms with Crippen molar-refractivity contribution in [3.05, 3.63) is 35.7 Å². The van der Waals surface area contributed by atoms with E-state index in [1.807, 2.05) is 0 Å². The number of carbonyl (C=O) groups excluding carboxylic acids is 1. The van der Waals surface area contributed by atoms with Crippen molar-refractivity contribution in [2.45, 2.75) is 11.8 Å². The molecule has 0 aliphatic heterocycles. The molecule has 0 heterocycles. The fraction of sp³-hybridized carbons (Fsp3) is 0.100. The minimum Gasteiger partial charge on any atom is -0.510 e. The van der Waals surface area contributed by atoms with Gasteiger partial charge in [0.05, 0.1) is 0 Å². The van der Waals surface area contributed by atoms with E-state index >= 15 is 0 Å². The Morgan fingerprint density at radius 3 is 2.37 bits per heavy atom. The Morgan fingerprint density at radius 1 is 1.32 bits per heavy atom. The smallest absolute Gasteiger partial charge is 0.296 e. The first-order valence-electron chi connectivity index (χ1n) is 4.91. The second kappa shape index (κ2) is 5.59. The number of aliphatic hydroxyl groups is 1. The number of carbonyl (C=O) groups is 1. The van der Waals surface area contributed by atoms with Crippen molar-refractivity contribution in [1.29, 1.82) is 0 Å². The van der Waals surface area contributed by atoms with Gasteiger partial charge in [-0.3, -0.25) is 9.35 Å². The molecule has 0 saturated heterocycles. The fourth-order valence-electron chi connectivity index (χ4n) is 1.16. The molecule has 1 aromatic carbocycles. The second-order valence-corrected chi connectivity index (χ2v) is 4.83. The van der Waals surface area contributed by atoms with Gasteiger partial charge in [-0.15, -0.1) is 10.2 Å². The Kier molecular flexibility index (Phi) is 4.35. The number of aliphatic hydroxyl groups excluding tert-OH is 1. The van der Waals surface area contributed by atoms with Crippen molar-refractivity contribution in [3.63, 3.8) is 0 Å². The molecule has 1 aromatic rings. The lowest BCUT2D eigenvalue weighted by Crippen LogP contribution is -2.13. The van der Waals surface area contributed by atoms with E-state index in [9.17, 15) is 13.2 Å². The number of benzene rings is 1. The van der Waals surface area contributed by atoms with Gasteiger partial charge in [-0.2, -0.15) is 8.42 Å². The maximum Gasteiger partial charge on any atom is 0.296 e. The van der Waals surface area contributed by atoms with Crippen molar-refractivity contribution >= 4 is 21.7 Å². The number of allylic oxidation sites excluding steroid dienone is 1. The third-order valence-corrected chi connectivity index (χ3v) is 2.88. The molecule has 0 atom stereocenters. The van der Waals surface area contributed by atoms with E-state index in [0.717, 1.165) is 6.07 Å². The van der Waals surface area contributed by atoms with Gasteiger partial charge in [0.15, 0.2) is 5.70 Å². The van der Waals surface area contributed by atoms with Gasteiger partial charge in [0.1, 0.15) is 16.3 Å². The number of rotatable bonds is 4. The van der Waals surface area contributed by atoms with Gasteiger partial charge in [-0.1, -0.05) is 12.1 Å². The Labute approximate surface area is 109 Å². The number of nitrogens with two attached hydrogens (primary N) is 1. The van der Waals surface area contributed by atoms with Crippen LogP contribution in [0.4, 0.5) is 5.69 Å². The fourth-order valence-corrected chi connectivity index (χ4v) is 1.79. The zero-order valence-electron chi connectivity index (χ0n) is 9.81. The molecular formula is C10H11N3O5S. The lowest BCUT2D eigenvalue weighted by molar-refractivity contribution is -0.114. The first kappa shape index (κ1) is 14.8. The third kappa shape index (κ3) is 3.86. The summed E-state index contributed by atoms with van der Waals surface area (Å²) in [7, 11) is -4.47. The van der Waals surface area contributed by atoms with E-state index in [1.165, 1.54) is 25.1 Å². The monoisotopic (exact) mass is 285 g/mol. The zero-order chi connectivity index (χ0) is 14.6. The van der Waals surface area contributed by atoms with Crippen LogP contribution in [-0.2, 0) is 14.9 Å². The molecule has 0 saturated carbocycles. The highest BCUT2D eigenvalue weighted by Gasteiger charge is 2.15. The van der Waals surface area contributed by atoms with Crippen molar-refractivity contribution in [2.24, 2.45) is 16.0 Å². The first-order valence-corrected chi connectivity index (χ1v) is 6.35. The van der Waals surface area contributed by atoms with Crippen LogP contribution in [0.15, 0.2) is 50.8 Å². The molecule has 102 valence electrons. The van der Waals surface area contributed by atoms with Gasteiger partial charge in [0, 0.05) is 0 Å². The molecule has 9 heteroatoms. The molecule has 19 heavy (non-hydrogen) atoms. The van der Waals surface area contributed by atoms with E-state index in [1.54, 1.807) is 0 Å². The van der Waals surface area contributed by atoms with Crippen LogP contribution in [0.5, 0.6) is 0 Å². The van der Waals surface area contributed by atoms with Crippen molar-refractivity contribution in [2.75, 3.05) is 0 Å². The minimum atomic E-state index is -4.47. The lowest BCUT2D eigenvalue weighted by atomic mass is 10.3. The van der Waals surface area contributed by atoms with Crippen LogP contribution in [-0.4, -0.2) is 24.0 Å². The molecule has 0 aliphatic rings. The first-order chi connectivity index (χ1) is 8.73. The maximum atomic E-state index is 11.1. The molecule has 0 aromatic heterocycles. The number of amides is 1. The van der Waals surface area contributed by atoms with Gasteiger partial charge in [-0.05, 0) is 19.1 Å². The van der Waals surface area contributed by atoms with Gasteiger partial charge in [0.2, 0.25) is 0 Å². The minimum absolute atomic E-state index is 0.190. The van der Waals surface area contributed by atoms with E-state index in [2.05, 4.69) is 10.2 Å². The van der Waals surface area contributed by atoms with E-state index in [4.69, 9.17) is 15.4 Å². The van der Waals surface area contributed by atoms with Crippen molar-refractivity contribution in [1.82, 2.24) is 0 Å². The Bertz CT molecular complexity index is 659. The van der Waals surface area contributed by atoms with Crippen LogP contribution in [0.3, 0.4) is 0 Å². The Hall–Kier alpha value is -2.26. The van der Waals surface area contributed by atoms with Crippen molar-refractivity contribution < 1.29 is 22.9 Å². The number of primary amides is 1. The number of hydrogen-bond acceptors (Lipinski definition) is 6. The Balaban J connectivity index is 3.29. The maximum absolute atomic E-state index is 11.1.